The van der Waals surface area contributed by atoms with Crippen LogP contribution in [0.15, 0.2) is 18.2 Å². The van der Waals surface area contributed by atoms with Crippen LogP contribution < -0.4 is 0 Å². The Morgan fingerprint density at radius 3 is 2.38 bits per heavy atom. The highest BCUT2D eigenvalue weighted by molar-refractivity contribution is 5.55. The molecule has 0 radical (unpaired) electrons. The predicted molar refractivity (Wildman–Crippen MR) is 42.4 cm³/mol. The third-order valence-electron chi connectivity index (χ3n) is 1.73. The summed E-state index contributed by atoms with van der Waals surface area (Å²) < 4.78 is 36.8. The number of nitrogens with zero attached hydrogens (tertiary/aromatic N) is 1. The average Bonchev–Trinajstić information content (AvgIpc) is 2.02. The van der Waals surface area contributed by atoms with Crippen LogP contribution in [-0.2, 0) is 6.18 Å². The van der Waals surface area contributed by atoms with Crippen LogP contribution in [0.1, 0.15) is 11.1 Å². The lowest BCUT2D eigenvalue weighted by atomic mass is 10.1. The van der Waals surface area contributed by atoms with Gasteiger partial charge in [0.1, 0.15) is 0 Å². The lowest BCUT2D eigenvalue weighted by Gasteiger charge is -2.10. The molecule has 0 fully saturated rings. The van der Waals surface area contributed by atoms with Crippen LogP contribution >= 0.6 is 0 Å². The molecule has 0 saturated heterocycles. The zero-order chi connectivity index (χ0) is 10.1. The average molecular weight is 185 g/mol. The van der Waals surface area contributed by atoms with Gasteiger partial charge in [0.05, 0.1) is 6.57 Å². The van der Waals surface area contributed by atoms with E-state index in [0.29, 0.717) is 0 Å². The first-order chi connectivity index (χ1) is 5.96. The van der Waals surface area contributed by atoms with E-state index in [1.165, 1.54) is 19.1 Å². The summed E-state index contributed by atoms with van der Waals surface area (Å²) in [7, 11) is 0. The largest absolute Gasteiger partial charge is 0.415 e. The van der Waals surface area contributed by atoms with Crippen LogP contribution in [0.2, 0.25) is 0 Å². The van der Waals surface area contributed by atoms with Gasteiger partial charge in [0, 0.05) is 5.56 Å². The molecule has 1 aromatic rings. The van der Waals surface area contributed by atoms with Gasteiger partial charge in [0.25, 0.3) is 0 Å². The van der Waals surface area contributed by atoms with Gasteiger partial charge in [0.2, 0.25) is 0 Å². The van der Waals surface area contributed by atoms with E-state index in [9.17, 15) is 13.2 Å². The Morgan fingerprint density at radius 2 is 1.92 bits per heavy atom. The molecular weight excluding hydrogens is 179 g/mol. The molecule has 0 heterocycles. The summed E-state index contributed by atoms with van der Waals surface area (Å²) in [6.45, 7) is 7.95. The standard InChI is InChI=1S/C9H6F3N/c1-6-7(9(10,11)12)4-3-5-8(6)13-2/h3-5H,1H3. The second-order valence-electron chi connectivity index (χ2n) is 2.56. The van der Waals surface area contributed by atoms with E-state index in [-0.39, 0.29) is 11.3 Å². The fourth-order valence-electron chi connectivity index (χ4n) is 1.05. The SMILES string of the molecule is [C-]#[N+]c1cccc(C(F)(F)F)c1C. The van der Waals surface area contributed by atoms with Crippen LogP contribution in [0.3, 0.4) is 0 Å². The minimum absolute atomic E-state index is 0.00926. The van der Waals surface area contributed by atoms with Gasteiger partial charge >= 0.3 is 6.18 Å². The van der Waals surface area contributed by atoms with Gasteiger partial charge in [-0.1, -0.05) is 18.2 Å². The summed E-state index contributed by atoms with van der Waals surface area (Å²) in [5, 5.41) is 0. The molecule has 0 unspecified atom stereocenters. The van der Waals surface area contributed by atoms with Crippen molar-refractivity contribution < 1.29 is 13.2 Å². The molecule has 0 amide bonds. The van der Waals surface area contributed by atoms with Gasteiger partial charge in [-0.2, -0.15) is 13.2 Å². The molecule has 1 nitrogen and oxygen atoms in total. The van der Waals surface area contributed by atoms with Crippen molar-refractivity contribution in [3.05, 3.63) is 40.7 Å². The molecule has 13 heavy (non-hydrogen) atoms. The summed E-state index contributed by atoms with van der Waals surface area (Å²) in [5.74, 6) is 0. The molecule has 4 heteroatoms. The zero-order valence-electron chi connectivity index (χ0n) is 6.81. The smallest absolute Gasteiger partial charge is 0.238 e. The van der Waals surface area contributed by atoms with Crippen molar-refractivity contribution in [1.82, 2.24) is 0 Å². The Balaban J connectivity index is 3.34. The molecule has 0 aliphatic carbocycles. The minimum atomic E-state index is -4.37. The lowest BCUT2D eigenvalue weighted by Crippen LogP contribution is -2.06. The number of benzene rings is 1. The van der Waals surface area contributed by atoms with Gasteiger partial charge in [-0.25, -0.2) is 4.85 Å². The Hall–Kier alpha value is -1.50. The van der Waals surface area contributed by atoms with Crippen molar-refractivity contribution in [3.8, 4) is 0 Å². The summed E-state index contributed by atoms with van der Waals surface area (Å²) in [4.78, 5) is 2.99. The van der Waals surface area contributed by atoms with Gasteiger partial charge in [-0.15, -0.1) is 0 Å². The zero-order valence-corrected chi connectivity index (χ0v) is 6.81. The molecule has 0 aromatic heterocycles. The van der Waals surface area contributed by atoms with E-state index in [4.69, 9.17) is 6.57 Å². The Morgan fingerprint density at radius 1 is 1.31 bits per heavy atom. The predicted octanol–water partition coefficient (Wildman–Crippen LogP) is 3.56. The Kier molecular flexibility index (Phi) is 2.28. The second kappa shape index (κ2) is 3.09. The van der Waals surface area contributed by atoms with E-state index in [1.54, 1.807) is 0 Å². The highest BCUT2D eigenvalue weighted by Gasteiger charge is 2.32. The topological polar surface area (TPSA) is 4.36 Å². The number of hydrogen-bond donors (Lipinski definition) is 0. The van der Waals surface area contributed by atoms with E-state index in [2.05, 4.69) is 4.85 Å². The third kappa shape index (κ3) is 1.81. The molecule has 0 N–H and O–H groups in total. The van der Waals surface area contributed by atoms with Crippen molar-refractivity contribution in [3.63, 3.8) is 0 Å². The summed E-state index contributed by atoms with van der Waals surface area (Å²) in [5.41, 5.74) is -0.694. The number of halogens is 3. The van der Waals surface area contributed by atoms with Crippen molar-refractivity contribution >= 4 is 5.69 Å². The van der Waals surface area contributed by atoms with Crippen molar-refractivity contribution in [2.45, 2.75) is 13.1 Å². The van der Waals surface area contributed by atoms with Crippen LogP contribution in [0, 0.1) is 13.5 Å². The highest BCUT2D eigenvalue weighted by atomic mass is 19.4. The third-order valence-corrected chi connectivity index (χ3v) is 1.73. The van der Waals surface area contributed by atoms with Crippen LogP contribution in [0.25, 0.3) is 4.85 Å². The maximum absolute atomic E-state index is 12.3. The highest BCUT2D eigenvalue weighted by Crippen LogP contribution is 2.35. The number of hydrogen-bond acceptors (Lipinski definition) is 0. The van der Waals surface area contributed by atoms with Gasteiger partial charge in [0.15, 0.2) is 5.69 Å². The molecule has 0 saturated carbocycles. The first-order valence-electron chi connectivity index (χ1n) is 3.51. The van der Waals surface area contributed by atoms with E-state index in [0.717, 1.165) is 6.07 Å². The monoisotopic (exact) mass is 185 g/mol. The molecule has 0 bridgehead atoms. The van der Waals surface area contributed by atoms with E-state index in [1.807, 2.05) is 0 Å². The van der Waals surface area contributed by atoms with Crippen LogP contribution in [-0.4, -0.2) is 0 Å². The van der Waals surface area contributed by atoms with Gasteiger partial charge in [-0.05, 0) is 12.5 Å². The first-order valence-corrected chi connectivity index (χ1v) is 3.51. The molecule has 1 aromatic carbocycles. The lowest BCUT2D eigenvalue weighted by molar-refractivity contribution is -0.138. The van der Waals surface area contributed by atoms with Gasteiger partial charge in [-0.3, -0.25) is 0 Å². The normalized spacial score (nSPS) is 11.0. The van der Waals surface area contributed by atoms with Crippen LogP contribution in [0.5, 0.6) is 0 Å². The maximum atomic E-state index is 12.3. The fraction of sp³-hybridized carbons (Fsp3) is 0.222. The number of alkyl halides is 3. The van der Waals surface area contributed by atoms with E-state index < -0.39 is 11.7 Å². The molecule has 0 atom stereocenters. The molecule has 68 valence electrons. The van der Waals surface area contributed by atoms with Crippen molar-refractivity contribution in [1.29, 1.82) is 0 Å². The molecule has 0 aliphatic rings. The van der Waals surface area contributed by atoms with Crippen molar-refractivity contribution in [2.75, 3.05) is 0 Å². The molecule has 0 aliphatic heterocycles. The molecule has 0 spiro atoms. The quantitative estimate of drug-likeness (QED) is 0.544. The fourth-order valence-corrected chi connectivity index (χ4v) is 1.05. The Bertz CT molecular complexity index is 360. The molecule has 1 rings (SSSR count). The minimum Gasteiger partial charge on any atom is -0.238 e. The number of rotatable bonds is 0. The molecular formula is C9H6F3N. The summed E-state index contributed by atoms with van der Waals surface area (Å²) in [6, 6.07) is 3.59. The van der Waals surface area contributed by atoms with Crippen LogP contribution in [0.4, 0.5) is 18.9 Å². The van der Waals surface area contributed by atoms with Crippen molar-refractivity contribution in [2.24, 2.45) is 0 Å². The van der Waals surface area contributed by atoms with E-state index >= 15 is 0 Å². The first kappa shape index (κ1) is 9.59. The van der Waals surface area contributed by atoms with Gasteiger partial charge < -0.3 is 0 Å². The maximum Gasteiger partial charge on any atom is 0.415 e. The second-order valence-corrected chi connectivity index (χ2v) is 2.56. The Labute approximate surface area is 73.6 Å². The summed E-state index contributed by atoms with van der Waals surface area (Å²) in [6.07, 6.45) is -4.37. The summed E-state index contributed by atoms with van der Waals surface area (Å²) >= 11 is 0.